The van der Waals surface area contributed by atoms with E-state index in [4.69, 9.17) is 12.8 Å². The van der Waals surface area contributed by atoms with Gasteiger partial charge in [-0.2, -0.15) is 0 Å². The minimum absolute atomic E-state index is 0.936. The van der Waals surface area contributed by atoms with Crippen molar-refractivity contribution in [3.63, 3.8) is 0 Å². The van der Waals surface area contributed by atoms with E-state index in [9.17, 15) is 0 Å². The number of rotatable bonds is 0. The van der Waals surface area contributed by atoms with Gasteiger partial charge in [-0.15, -0.1) is 12.8 Å². The van der Waals surface area contributed by atoms with Crippen LogP contribution in [0.2, 0.25) is 0 Å². The van der Waals surface area contributed by atoms with Crippen molar-refractivity contribution in [3.05, 3.63) is 58.7 Å². The Hall–Kier alpha value is -3.22. The van der Waals surface area contributed by atoms with E-state index in [1.165, 1.54) is 32.7 Å². The highest BCUT2D eigenvalue weighted by atomic mass is 14.2. The van der Waals surface area contributed by atoms with Crippen molar-refractivity contribution in [2.24, 2.45) is 0 Å². The molecular formula is C22H10. The molecule has 0 N–H and O–H groups in total. The van der Waals surface area contributed by atoms with Crippen LogP contribution in [0.3, 0.4) is 0 Å². The lowest BCUT2D eigenvalue weighted by molar-refractivity contribution is 1.70. The zero-order valence-corrected chi connectivity index (χ0v) is 11.8. The monoisotopic (exact) mass is 274 g/mol. The van der Waals surface area contributed by atoms with Crippen molar-refractivity contribution >= 4 is 44.5 Å². The highest BCUT2D eigenvalue weighted by Crippen LogP contribution is 2.43. The molecule has 0 spiro atoms. The average Bonchev–Trinajstić information content (AvgIpc) is 2.97. The molecule has 0 amide bonds. The molecule has 22 heavy (non-hydrogen) atoms. The van der Waals surface area contributed by atoms with E-state index in [0.717, 1.165) is 21.9 Å². The van der Waals surface area contributed by atoms with Crippen molar-refractivity contribution in [2.45, 2.75) is 0 Å². The second-order valence-electron chi connectivity index (χ2n) is 5.72. The van der Waals surface area contributed by atoms with Crippen molar-refractivity contribution in [3.8, 4) is 24.7 Å². The van der Waals surface area contributed by atoms with Gasteiger partial charge in [-0.25, -0.2) is 0 Å². The van der Waals surface area contributed by atoms with Gasteiger partial charge in [-0.3, -0.25) is 0 Å². The highest BCUT2D eigenvalue weighted by molar-refractivity contribution is 6.29. The Bertz CT molecular complexity index is 1220. The summed E-state index contributed by atoms with van der Waals surface area (Å²) in [6.07, 6.45) is 15.7. The zero-order valence-electron chi connectivity index (χ0n) is 11.8. The van der Waals surface area contributed by atoms with Gasteiger partial charge in [0.05, 0.1) is 0 Å². The maximum Gasteiger partial charge on any atom is 0.0327 e. The summed E-state index contributed by atoms with van der Waals surface area (Å²) in [7, 11) is 0. The first-order valence-electron chi connectivity index (χ1n) is 7.21. The summed E-state index contributed by atoms with van der Waals surface area (Å²) in [5.74, 6) is 5.65. The quantitative estimate of drug-likeness (QED) is 0.274. The first kappa shape index (κ1) is 11.4. The van der Waals surface area contributed by atoms with Crippen molar-refractivity contribution in [2.75, 3.05) is 0 Å². The Morgan fingerprint density at radius 2 is 1.36 bits per heavy atom. The summed E-state index contributed by atoms with van der Waals surface area (Å²) in [4.78, 5) is 0. The minimum atomic E-state index is 0.936. The van der Waals surface area contributed by atoms with Gasteiger partial charge in [0, 0.05) is 11.1 Å². The number of terminal acetylenes is 2. The highest BCUT2D eigenvalue weighted by Gasteiger charge is 2.19. The third kappa shape index (κ3) is 1.17. The smallest absolute Gasteiger partial charge is 0.0327 e. The second kappa shape index (κ2) is 3.70. The predicted octanol–water partition coefficient (Wildman–Crippen LogP) is 5.03. The van der Waals surface area contributed by atoms with Crippen LogP contribution < -0.4 is 0 Å². The molecule has 5 rings (SSSR count). The summed E-state index contributed by atoms with van der Waals surface area (Å²) in [6.45, 7) is 0. The Kier molecular flexibility index (Phi) is 1.92. The van der Waals surface area contributed by atoms with Gasteiger partial charge in [0.25, 0.3) is 0 Å². The molecule has 0 saturated heterocycles. The molecular weight excluding hydrogens is 264 g/mol. The molecule has 0 heterocycles. The number of benzene rings is 4. The lowest BCUT2D eigenvalue weighted by atomic mass is 9.87. The van der Waals surface area contributed by atoms with Crippen molar-refractivity contribution in [1.29, 1.82) is 0 Å². The summed E-state index contributed by atoms with van der Waals surface area (Å²) >= 11 is 0. The van der Waals surface area contributed by atoms with Crippen LogP contribution in [-0.4, -0.2) is 0 Å². The van der Waals surface area contributed by atoms with Crippen LogP contribution in [0.1, 0.15) is 22.3 Å². The molecule has 0 fully saturated rings. The summed E-state index contributed by atoms with van der Waals surface area (Å²) < 4.78 is 0. The molecule has 1 aliphatic rings. The van der Waals surface area contributed by atoms with Crippen LogP contribution in [0.4, 0.5) is 0 Å². The molecule has 0 aliphatic heterocycles. The lowest BCUT2D eigenvalue weighted by Crippen LogP contribution is -1.91. The summed E-state index contributed by atoms with van der Waals surface area (Å²) in [5, 5.41) is 7.26. The molecule has 0 atom stereocenters. The molecule has 98 valence electrons. The van der Waals surface area contributed by atoms with Gasteiger partial charge >= 0.3 is 0 Å². The summed E-state index contributed by atoms with van der Waals surface area (Å²) in [6, 6.07) is 12.7. The van der Waals surface area contributed by atoms with Crippen LogP contribution in [0.15, 0.2) is 36.4 Å². The number of hydrogen-bond acceptors (Lipinski definition) is 0. The Morgan fingerprint density at radius 3 is 2.14 bits per heavy atom. The largest absolute Gasteiger partial charge is 0.115 e. The fraction of sp³-hybridized carbons (Fsp3) is 0. The Morgan fingerprint density at radius 1 is 0.636 bits per heavy atom. The van der Waals surface area contributed by atoms with Gasteiger partial charge in [0.15, 0.2) is 0 Å². The van der Waals surface area contributed by atoms with Crippen molar-refractivity contribution < 1.29 is 0 Å². The van der Waals surface area contributed by atoms with Gasteiger partial charge in [0.1, 0.15) is 0 Å². The van der Waals surface area contributed by atoms with Gasteiger partial charge in [-0.1, -0.05) is 42.2 Å². The van der Waals surface area contributed by atoms with Crippen LogP contribution >= 0.6 is 0 Å². The maximum atomic E-state index is 5.74. The maximum absolute atomic E-state index is 5.74. The second-order valence-corrected chi connectivity index (χ2v) is 5.72. The standard InChI is InChI=1S/C22H10/c1-3-13-5-6-15-9-10-18-14(4-2)11-16-7-8-17-12-19(13)21(15)22(18)20(16)17/h1-2,5-12H. The van der Waals surface area contributed by atoms with E-state index in [2.05, 4.69) is 54.3 Å². The van der Waals surface area contributed by atoms with E-state index in [1.54, 1.807) is 0 Å². The van der Waals surface area contributed by atoms with E-state index in [0.29, 0.717) is 0 Å². The van der Waals surface area contributed by atoms with Crippen LogP contribution in [0, 0.1) is 24.7 Å². The molecule has 0 saturated carbocycles. The van der Waals surface area contributed by atoms with E-state index < -0.39 is 0 Å². The number of hydrogen-bond donors (Lipinski definition) is 0. The lowest BCUT2D eigenvalue weighted by Gasteiger charge is -2.15. The molecule has 4 aromatic rings. The van der Waals surface area contributed by atoms with Crippen LogP contribution in [0.5, 0.6) is 0 Å². The molecule has 0 aromatic heterocycles. The zero-order chi connectivity index (χ0) is 14.8. The fourth-order valence-electron chi connectivity index (χ4n) is 3.76. The molecule has 0 bridgehead atoms. The van der Waals surface area contributed by atoms with E-state index >= 15 is 0 Å². The Labute approximate surface area is 128 Å². The summed E-state index contributed by atoms with van der Waals surface area (Å²) in [5.41, 5.74) is 4.31. The predicted molar refractivity (Wildman–Crippen MR) is 94.9 cm³/mol. The first-order valence-corrected chi connectivity index (χ1v) is 7.21. The minimum Gasteiger partial charge on any atom is -0.115 e. The molecule has 0 unspecified atom stereocenters. The van der Waals surface area contributed by atoms with Crippen LogP contribution in [0.25, 0.3) is 44.5 Å². The topological polar surface area (TPSA) is 0 Å². The SMILES string of the molecule is C#Cc1ccc2ccc3c(C#C)cc4c5c(cc1c2c35)C=C4. The Balaban J connectivity index is 2.24. The molecule has 1 aliphatic carbocycles. The van der Waals surface area contributed by atoms with Gasteiger partial charge in [-0.05, 0) is 61.6 Å². The fourth-order valence-corrected chi connectivity index (χ4v) is 3.76. The molecule has 4 aromatic carbocycles. The third-order valence-electron chi connectivity index (χ3n) is 4.70. The van der Waals surface area contributed by atoms with E-state index in [1.807, 2.05) is 6.07 Å². The van der Waals surface area contributed by atoms with Gasteiger partial charge < -0.3 is 0 Å². The van der Waals surface area contributed by atoms with E-state index in [-0.39, 0.29) is 0 Å². The molecule has 0 nitrogen and oxygen atoms in total. The first-order chi connectivity index (χ1) is 10.8. The van der Waals surface area contributed by atoms with Gasteiger partial charge in [0.2, 0.25) is 0 Å². The van der Waals surface area contributed by atoms with Crippen molar-refractivity contribution in [1.82, 2.24) is 0 Å². The average molecular weight is 274 g/mol. The molecule has 0 heteroatoms. The normalized spacial score (nSPS) is 12.3. The molecule has 0 radical (unpaired) electrons. The van der Waals surface area contributed by atoms with Crippen LogP contribution in [-0.2, 0) is 0 Å². The third-order valence-corrected chi connectivity index (χ3v) is 4.70.